The second-order valence-corrected chi connectivity index (χ2v) is 13.6. The summed E-state index contributed by atoms with van der Waals surface area (Å²) in [6, 6.07) is 22.5. The number of benzene rings is 3. The van der Waals surface area contributed by atoms with Crippen molar-refractivity contribution in [2.24, 2.45) is 11.3 Å². The van der Waals surface area contributed by atoms with Gasteiger partial charge in [-0.3, -0.25) is 14.3 Å². The minimum absolute atomic E-state index is 0.0406. The Hall–Kier alpha value is -3.38. The van der Waals surface area contributed by atoms with Gasteiger partial charge in [-0.05, 0) is 59.9 Å². The number of nitrogens with zero attached hydrogens (tertiary/aromatic N) is 2. The van der Waals surface area contributed by atoms with Crippen LogP contribution < -0.4 is 5.32 Å². The Morgan fingerprint density at radius 1 is 0.927 bits per heavy atom. The molecule has 2 aliphatic rings. The molecule has 6 rings (SSSR count). The van der Waals surface area contributed by atoms with Gasteiger partial charge in [-0.2, -0.15) is 5.10 Å². The first-order chi connectivity index (χ1) is 19.4. The highest BCUT2D eigenvalue weighted by atomic mass is 35.5. The lowest BCUT2D eigenvalue weighted by atomic mass is 9.30. The van der Waals surface area contributed by atoms with Crippen LogP contribution in [0.15, 0.2) is 72.9 Å². The Balaban J connectivity index is 1.35. The minimum Gasteiger partial charge on any atom is -0.481 e. The van der Waals surface area contributed by atoms with Gasteiger partial charge in [0.2, 0.25) is 0 Å². The zero-order valence-electron chi connectivity index (χ0n) is 23.9. The Kier molecular flexibility index (Phi) is 6.68. The third-order valence-corrected chi connectivity index (χ3v) is 10.1. The fourth-order valence-corrected chi connectivity index (χ4v) is 7.17. The average Bonchev–Trinajstić information content (AvgIpc) is 3.35. The maximum atomic E-state index is 13.7. The Labute approximate surface area is 248 Å². The smallest absolute Gasteiger partial charge is 0.306 e. The number of aliphatic carboxylic acids is 1. The molecule has 1 amide bonds. The van der Waals surface area contributed by atoms with E-state index in [0.717, 1.165) is 34.9 Å². The number of aromatic nitrogens is 2. The van der Waals surface area contributed by atoms with Crippen molar-refractivity contribution in [1.82, 2.24) is 15.1 Å². The summed E-state index contributed by atoms with van der Waals surface area (Å²) >= 11 is 6.66. The fourth-order valence-electron chi connectivity index (χ4n) is 6.97. The van der Waals surface area contributed by atoms with Gasteiger partial charge in [-0.15, -0.1) is 0 Å². The van der Waals surface area contributed by atoms with Gasteiger partial charge in [0.25, 0.3) is 5.91 Å². The van der Waals surface area contributed by atoms with Gasteiger partial charge in [-0.1, -0.05) is 71.3 Å². The third kappa shape index (κ3) is 4.61. The first kappa shape index (κ1) is 27.8. The standard InChI is InChI=1S/C30H32B4ClN3O3/c31-29(30(32,33)34,20-8-6-18(7-9-20)17-4-2-1-3-5-17)38-25-22(10-11-24(35)23(25)16-36-38)26(39)37-21-14-28(15-21)12-19(13-28)27(40)41/h1-11,16,19,21H,12-15,31-34H2,(H,37,39)(H,40,41). The number of carboxylic acid groups (broad SMARTS) is 1. The van der Waals surface area contributed by atoms with Crippen molar-refractivity contribution < 1.29 is 14.7 Å². The Morgan fingerprint density at radius 2 is 1.56 bits per heavy atom. The van der Waals surface area contributed by atoms with Crippen LogP contribution in [0.25, 0.3) is 22.0 Å². The second-order valence-electron chi connectivity index (χ2n) is 13.2. The molecular weight excluding hydrogens is 529 g/mol. The summed E-state index contributed by atoms with van der Waals surface area (Å²) in [5, 5.41) is 18.4. The number of fused-ring (bicyclic) bond motifs is 1. The monoisotopic (exact) mass is 561 g/mol. The average molecular weight is 561 g/mol. The van der Waals surface area contributed by atoms with E-state index in [1.165, 1.54) is 0 Å². The lowest BCUT2D eigenvalue weighted by molar-refractivity contribution is -0.155. The number of carboxylic acids is 1. The molecule has 1 aromatic heterocycles. The van der Waals surface area contributed by atoms with E-state index in [9.17, 15) is 14.7 Å². The fraction of sp³-hybridized carbons (Fsp3) is 0.300. The number of carbonyl (C=O) groups excluding carboxylic acids is 1. The van der Waals surface area contributed by atoms with Crippen LogP contribution in [0.3, 0.4) is 0 Å². The van der Waals surface area contributed by atoms with Gasteiger partial charge in [-0.25, -0.2) is 0 Å². The largest absolute Gasteiger partial charge is 0.481 e. The summed E-state index contributed by atoms with van der Waals surface area (Å²) in [5.74, 6) is -1.11. The van der Waals surface area contributed by atoms with Gasteiger partial charge in [0.1, 0.15) is 7.85 Å². The summed E-state index contributed by atoms with van der Waals surface area (Å²) in [6.45, 7) is 0. The van der Waals surface area contributed by atoms with Crippen LogP contribution in [0.1, 0.15) is 41.6 Å². The molecule has 204 valence electrons. The lowest BCUT2D eigenvalue weighted by Crippen LogP contribution is -2.57. The summed E-state index contributed by atoms with van der Waals surface area (Å²) in [7, 11) is 8.73. The predicted molar refractivity (Wildman–Crippen MR) is 174 cm³/mol. The van der Waals surface area contributed by atoms with Crippen molar-refractivity contribution in [3.63, 3.8) is 0 Å². The highest BCUT2D eigenvalue weighted by Gasteiger charge is 2.55. The summed E-state index contributed by atoms with van der Waals surface area (Å²) in [6.07, 6.45) is 4.83. The van der Waals surface area contributed by atoms with Crippen LogP contribution in [0.5, 0.6) is 0 Å². The maximum Gasteiger partial charge on any atom is 0.306 e. The van der Waals surface area contributed by atoms with Crippen molar-refractivity contribution in [1.29, 1.82) is 0 Å². The van der Waals surface area contributed by atoms with Crippen molar-refractivity contribution in [3.05, 3.63) is 89.1 Å². The van der Waals surface area contributed by atoms with E-state index in [1.54, 1.807) is 18.3 Å². The molecule has 2 fully saturated rings. The molecule has 2 aliphatic carbocycles. The Morgan fingerprint density at radius 3 is 2.17 bits per heavy atom. The molecule has 2 saturated carbocycles. The first-order valence-corrected chi connectivity index (χ1v) is 14.7. The molecule has 1 spiro atoms. The van der Waals surface area contributed by atoms with E-state index in [-0.39, 0.29) is 28.4 Å². The van der Waals surface area contributed by atoms with Gasteiger partial charge >= 0.3 is 5.97 Å². The molecule has 1 heterocycles. The summed E-state index contributed by atoms with van der Waals surface area (Å²) < 4.78 is 1.98. The van der Waals surface area contributed by atoms with Crippen molar-refractivity contribution in [3.8, 4) is 11.1 Å². The van der Waals surface area contributed by atoms with Gasteiger partial charge < -0.3 is 10.4 Å². The summed E-state index contributed by atoms with van der Waals surface area (Å²) in [4.78, 5) is 25.0. The molecule has 0 saturated heterocycles. The third-order valence-electron chi connectivity index (χ3n) is 9.76. The van der Waals surface area contributed by atoms with Crippen molar-refractivity contribution in [2.75, 3.05) is 0 Å². The molecular formula is C30H32B4ClN3O3. The van der Waals surface area contributed by atoms with Gasteiger partial charge in [0, 0.05) is 16.9 Å². The number of halogens is 1. The van der Waals surface area contributed by atoms with Crippen LogP contribution in [-0.2, 0) is 10.2 Å². The molecule has 6 nitrogen and oxygen atoms in total. The van der Waals surface area contributed by atoms with Crippen LogP contribution in [0.2, 0.25) is 10.1 Å². The topological polar surface area (TPSA) is 84.2 Å². The molecule has 0 radical (unpaired) electrons. The molecule has 11 heteroatoms. The number of amides is 1. The van der Waals surface area contributed by atoms with Crippen LogP contribution in [0.4, 0.5) is 0 Å². The van der Waals surface area contributed by atoms with Crippen LogP contribution in [-0.4, -0.2) is 64.2 Å². The number of hydrogen-bond donors (Lipinski definition) is 2. The maximum absolute atomic E-state index is 13.7. The van der Waals surface area contributed by atoms with E-state index in [2.05, 4.69) is 73.1 Å². The SMILES string of the molecule is BC(B)(B)C(B)(c1ccc(-c2ccccc2)cc1)n1ncc2c(Cl)ccc(C(=O)NC3CC4(C3)CC(C(=O)O)C4)c21. The van der Waals surface area contributed by atoms with Crippen LogP contribution >= 0.6 is 11.6 Å². The van der Waals surface area contributed by atoms with Crippen molar-refractivity contribution >= 4 is 65.8 Å². The molecule has 0 bridgehead atoms. The number of nitrogens with one attached hydrogen (secondary N) is 1. The number of hydrogen-bond acceptors (Lipinski definition) is 3. The second kappa shape index (κ2) is 9.87. The highest BCUT2D eigenvalue weighted by molar-refractivity contribution is 6.62. The molecule has 0 aliphatic heterocycles. The van der Waals surface area contributed by atoms with E-state index >= 15 is 0 Å². The molecule has 4 aromatic rings. The quantitative estimate of drug-likeness (QED) is 0.339. The molecule has 41 heavy (non-hydrogen) atoms. The van der Waals surface area contributed by atoms with E-state index in [0.29, 0.717) is 28.9 Å². The summed E-state index contributed by atoms with van der Waals surface area (Å²) in [5.41, 5.74) is 4.10. The zero-order chi connectivity index (χ0) is 29.2. The van der Waals surface area contributed by atoms with Crippen molar-refractivity contribution in [2.45, 2.75) is 42.3 Å². The van der Waals surface area contributed by atoms with Gasteiger partial charge in [0.05, 0.1) is 51.8 Å². The molecule has 1 unspecified atom stereocenters. The first-order valence-electron chi connectivity index (χ1n) is 14.3. The molecule has 1 atom stereocenters. The van der Waals surface area contributed by atoms with E-state index in [4.69, 9.17) is 16.7 Å². The van der Waals surface area contributed by atoms with Crippen LogP contribution in [0, 0.1) is 11.3 Å². The minimum atomic E-state index is -0.712. The lowest BCUT2D eigenvalue weighted by Gasteiger charge is -2.56. The highest BCUT2D eigenvalue weighted by Crippen LogP contribution is 2.58. The zero-order valence-corrected chi connectivity index (χ0v) is 24.7. The normalized spacial score (nSPS) is 23.3. The van der Waals surface area contributed by atoms with E-state index in [1.807, 2.05) is 22.9 Å². The van der Waals surface area contributed by atoms with Gasteiger partial charge in [0.15, 0.2) is 0 Å². The Bertz CT molecular complexity index is 1640. The predicted octanol–water partition coefficient (Wildman–Crippen LogP) is 2.04. The van der Waals surface area contributed by atoms with E-state index < -0.39 is 11.4 Å². The molecule has 3 aromatic carbocycles. The number of carbonyl (C=O) groups is 2. The molecule has 2 N–H and O–H groups in total. The number of rotatable bonds is 7.